The van der Waals surface area contributed by atoms with Crippen molar-refractivity contribution in [3.8, 4) is 5.75 Å². The molecule has 0 radical (unpaired) electrons. The van der Waals surface area contributed by atoms with Crippen molar-refractivity contribution in [2.75, 3.05) is 7.11 Å². The van der Waals surface area contributed by atoms with E-state index in [4.69, 9.17) is 4.74 Å². The first kappa shape index (κ1) is 21.8. The standard InChI is InChI=1S/C19H21BrN4O3S2/c1-3-24-18(12-21-29(25,26)17-9-7-15(20)8-10-17)22-23-19(24)28-13-14-5-4-6-16(11-14)27-2/h4-11,21H,3,12-13H2,1-2H3. The topological polar surface area (TPSA) is 86.1 Å². The highest BCUT2D eigenvalue weighted by Crippen LogP contribution is 2.24. The summed E-state index contributed by atoms with van der Waals surface area (Å²) >= 11 is 4.85. The Morgan fingerprint density at radius 1 is 1.17 bits per heavy atom. The number of aromatic nitrogens is 3. The fraction of sp³-hybridized carbons (Fsp3) is 0.263. The quantitative estimate of drug-likeness (QED) is 0.452. The van der Waals surface area contributed by atoms with Gasteiger partial charge in [0.05, 0.1) is 18.6 Å². The average Bonchev–Trinajstić information content (AvgIpc) is 3.13. The second kappa shape index (κ2) is 9.75. The summed E-state index contributed by atoms with van der Waals surface area (Å²) in [6.07, 6.45) is 0. The summed E-state index contributed by atoms with van der Waals surface area (Å²) in [6, 6.07) is 14.3. The molecule has 3 rings (SSSR count). The van der Waals surface area contributed by atoms with Gasteiger partial charge in [0.15, 0.2) is 5.16 Å². The van der Waals surface area contributed by atoms with Crippen LogP contribution in [0.3, 0.4) is 0 Å². The molecular formula is C19H21BrN4O3S2. The van der Waals surface area contributed by atoms with Gasteiger partial charge in [-0.2, -0.15) is 0 Å². The third kappa shape index (κ3) is 5.59. The first-order valence-corrected chi connectivity index (χ1v) is 12.1. The highest BCUT2D eigenvalue weighted by Gasteiger charge is 2.17. The van der Waals surface area contributed by atoms with E-state index >= 15 is 0 Å². The molecule has 0 spiro atoms. The van der Waals surface area contributed by atoms with Gasteiger partial charge in [-0.3, -0.25) is 0 Å². The Morgan fingerprint density at radius 3 is 2.62 bits per heavy atom. The second-order valence-corrected chi connectivity index (χ2v) is 9.69. The van der Waals surface area contributed by atoms with Gasteiger partial charge >= 0.3 is 0 Å². The first-order chi connectivity index (χ1) is 13.9. The van der Waals surface area contributed by atoms with Gasteiger partial charge in [0, 0.05) is 16.8 Å². The van der Waals surface area contributed by atoms with E-state index in [1.165, 1.54) is 0 Å². The molecule has 0 saturated carbocycles. The highest BCUT2D eigenvalue weighted by molar-refractivity contribution is 9.10. The molecule has 0 fully saturated rings. The summed E-state index contributed by atoms with van der Waals surface area (Å²) in [4.78, 5) is 0.205. The molecule has 10 heteroatoms. The highest BCUT2D eigenvalue weighted by atomic mass is 79.9. The van der Waals surface area contributed by atoms with Crippen molar-refractivity contribution in [1.29, 1.82) is 0 Å². The Balaban J connectivity index is 1.68. The van der Waals surface area contributed by atoms with Gasteiger partial charge in [0.25, 0.3) is 0 Å². The van der Waals surface area contributed by atoms with Crippen LogP contribution in [-0.2, 0) is 28.9 Å². The summed E-state index contributed by atoms with van der Waals surface area (Å²) in [7, 11) is -1.99. The predicted molar refractivity (Wildman–Crippen MR) is 116 cm³/mol. The van der Waals surface area contributed by atoms with Gasteiger partial charge in [0.2, 0.25) is 10.0 Å². The van der Waals surface area contributed by atoms with E-state index in [0.717, 1.165) is 20.9 Å². The average molecular weight is 497 g/mol. The lowest BCUT2D eigenvalue weighted by Crippen LogP contribution is -2.25. The first-order valence-electron chi connectivity index (χ1n) is 8.86. The van der Waals surface area contributed by atoms with Crippen LogP contribution in [0.1, 0.15) is 18.3 Å². The van der Waals surface area contributed by atoms with Crippen molar-refractivity contribution < 1.29 is 13.2 Å². The van der Waals surface area contributed by atoms with E-state index in [0.29, 0.717) is 18.1 Å². The monoisotopic (exact) mass is 496 g/mol. The smallest absolute Gasteiger partial charge is 0.240 e. The minimum Gasteiger partial charge on any atom is -0.497 e. The van der Waals surface area contributed by atoms with Crippen LogP contribution in [-0.4, -0.2) is 30.3 Å². The van der Waals surface area contributed by atoms with E-state index in [1.807, 2.05) is 35.8 Å². The van der Waals surface area contributed by atoms with E-state index < -0.39 is 10.0 Å². The molecule has 1 aromatic heterocycles. The number of ether oxygens (including phenoxy) is 1. The van der Waals surface area contributed by atoms with Crippen LogP contribution >= 0.6 is 27.7 Å². The molecule has 1 N–H and O–H groups in total. The zero-order valence-corrected chi connectivity index (χ0v) is 19.2. The Morgan fingerprint density at radius 2 is 1.93 bits per heavy atom. The van der Waals surface area contributed by atoms with Crippen molar-refractivity contribution in [2.24, 2.45) is 0 Å². The molecule has 0 amide bonds. The largest absolute Gasteiger partial charge is 0.497 e. The molecule has 0 unspecified atom stereocenters. The summed E-state index contributed by atoms with van der Waals surface area (Å²) in [6.45, 7) is 2.69. The van der Waals surface area contributed by atoms with E-state index in [2.05, 4.69) is 30.8 Å². The summed E-state index contributed by atoms with van der Waals surface area (Å²) in [5.41, 5.74) is 1.11. The molecule has 29 heavy (non-hydrogen) atoms. The molecule has 0 aliphatic rings. The lowest BCUT2D eigenvalue weighted by atomic mass is 10.2. The van der Waals surface area contributed by atoms with Crippen LogP contribution in [0.25, 0.3) is 0 Å². The van der Waals surface area contributed by atoms with E-state index in [9.17, 15) is 8.42 Å². The number of thioether (sulfide) groups is 1. The summed E-state index contributed by atoms with van der Waals surface area (Å²) in [5.74, 6) is 2.09. The van der Waals surface area contributed by atoms with Crippen LogP contribution in [0, 0.1) is 0 Å². The summed E-state index contributed by atoms with van der Waals surface area (Å²) < 4.78 is 35.6. The number of rotatable bonds is 9. The van der Waals surface area contributed by atoms with Crippen molar-refractivity contribution in [2.45, 2.75) is 35.8 Å². The van der Waals surface area contributed by atoms with Crippen molar-refractivity contribution in [3.63, 3.8) is 0 Å². The summed E-state index contributed by atoms with van der Waals surface area (Å²) in [5, 5.41) is 9.15. The number of sulfonamides is 1. The Kier molecular flexibility index (Phi) is 7.33. The van der Waals surface area contributed by atoms with Gasteiger partial charge in [-0.1, -0.05) is 39.8 Å². The second-order valence-electron chi connectivity index (χ2n) is 6.06. The lowest BCUT2D eigenvalue weighted by Gasteiger charge is -2.09. The third-order valence-corrected chi connectivity index (χ3v) is 7.14. The zero-order chi connectivity index (χ0) is 20.9. The van der Waals surface area contributed by atoms with Crippen molar-refractivity contribution in [1.82, 2.24) is 19.5 Å². The fourth-order valence-electron chi connectivity index (χ4n) is 2.64. The number of hydrogen-bond acceptors (Lipinski definition) is 6. The molecule has 0 atom stereocenters. The zero-order valence-electron chi connectivity index (χ0n) is 16.0. The maximum Gasteiger partial charge on any atom is 0.240 e. The van der Waals surface area contributed by atoms with E-state index in [1.54, 1.807) is 43.1 Å². The van der Waals surface area contributed by atoms with Crippen LogP contribution in [0.4, 0.5) is 0 Å². The minimum atomic E-state index is -3.63. The third-order valence-electron chi connectivity index (χ3n) is 4.16. The molecule has 3 aromatic rings. The van der Waals surface area contributed by atoms with Gasteiger partial charge in [-0.05, 0) is 48.9 Å². The molecule has 7 nitrogen and oxygen atoms in total. The van der Waals surface area contributed by atoms with Crippen LogP contribution < -0.4 is 9.46 Å². The predicted octanol–water partition coefficient (Wildman–Crippen LogP) is 3.84. The van der Waals surface area contributed by atoms with Crippen LogP contribution in [0.15, 0.2) is 63.1 Å². The Hall–Kier alpha value is -1.88. The Labute approximate surface area is 183 Å². The molecule has 154 valence electrons. The SMILES string of the molecule is CCn1c(CNS(=O)(=O)c2ccc(Br)cc2)nnc1SCc1cccc(OC)c1. The maximum absolute atomic E-state index is 12.5. The molecule has 2 aromatic carbocycles. The number of nitrogens with zero attached hydrogens (tertiary/aromatic N) is 3. The molecule has 0 bridgehead atoms. The normalized spacial score (nSPS) is 11.6. The van der Waals surface area contributed by atoms with Gasteiger partial charge < -0.3 is 9.30 Å². The van der Waals surface area contributed by atoms with Crippen LogP contribution in [0.2, 0.25) is 0 Å². The number of methoxy groups -OCH3 is 1. The van der Waals surface area contributed by atoms with Crippen molar-refractivity contribution >= 4 is 37.7 Å². The number of nitrogens with one attached hydrogen (secondary N) is 1. The van der Waals surface area contributed by atoms with Gasteiger partial charge in [-0.25, -0.2) is 13.1 Å². The van der Waals surface area contributed by atoms with E-state index in [-0.39, 0.29) is 11.4 Å². The van der Waals surface area contributed by atoms with Crippen LogP contribution in [0.5, 0.6) is 5.75 Å². The lowest BCUT2D eigenvalue weighted by molar-refractivity contribution is 0.414. The van der Waals surface area contributed by atoms with Crippen molar-refractivity contribution in [3.05, 3.63) is 64.4 Å². The molecular weight excluding hydrogens is 476 g/mol. The minimum absolute atomic E-state index is 0.0684. The maximum atomic E-state index is 12.5. The molecule has 0 aliphatic carbocycles. The number of hydrogen-bond donors (Lipinski definition) is 1. The fourth-order valence-corrected chi connectivity index (χ4v) is 4.85. The number of benzene rings is 2. The van der Waals surface area contributed by atoms with Gasteiger partial charge in [-0.15, -0.1) is 10.2 Å². The van der Waals surface area contributed by atoms with Gasteiger partial charge in [0.1, 0.15) is 11.6 Å². The molecule has 0 saturated heterocycles. The molecule has 1 heterocycles. The Bertz CT molecular complexity index is 1070. The number of halogens is 1. The molecule has 0 aliphatic heterocycles.